The molecule has 0 fully saturated rings. The van der Waals surface area contributed by atoms with Gasteiger partial charge in [-0.25, -0.2) is 0 Å². The molecule has 6 heterocycles. The van der Waals surface area contributed by atoms with Crippen molar-refractivity contribution in [3.05, 3.63) is 172 Å². The maximum absolute atomic E-state index is 14.7. The number of carbonyl (C=O) groups excluding carboxylic acids is 2. The number of thiophene rings is 6. The molecule has 0 N–H and O–H groups in total. The largest absolute Gasteiger partial charge is 0.289 e. The number of allylic oxidation sites excluding steroid dienone is 6. The summed E-state index contributed by atoms with van der Waals surface area (Å²) in [6.07, 6.45) is 58.7. The van der Waals surface area contributed by atoms with Gasteiger partial charge in [0.05, 0.1) is 0 Å². The first kappa shape index (κ1) is 85.5. The monoisotopic (exact) mass is 1600 g/mol. The number of hydrogen-bond donors (Lipinski definition) is 0. The van der Waals surface area contributed by atoms with E-state index in [1.54, 1.807) is 22.7 Å². The molecule has 2 aliphatic carbocycles. The topological polar surface area (TPSA) is 129 Å². The Bertz CT molecular complexity index is 4520. The number of ketones is 2. The van der Waals surface area contributed by atoms with Crippen LogP contribution in [0.1, 0.15) is 347 Å². The van der Waals surface area contributed by atoms with Crippen LogP contribution < -0.4 is 0 Å². The Labute approximate surface area is 695 Å². The highest BCUT2D eigenvalue weighted by Gasteiger charge is 2.35. The number of nitriles is 4. The molecule has 586 valence electrons. The smallest absolute Gasteiger partial charge is 0.194 e. The summed E-state index contributed by atoms with van der Waals surface area (Å²) in [6, 6.07) is 43.0. The first-order valence-corrected chi connectivity index (χ1v) is 48.3. The fourth-order valence-corrected chi connectivity index (χ4v) is 24.0. The van der Waals surface area contributed by atoms with Gasteiger partial charge in [-0.15, -0.1) is 68.0 Å². The van der Waals surface area contributed by atoms with Crippen molar-refractivity contribution in [2.45, 2.75) is 310 Å². The molecule has 0 saturated carbocycles. The summed E-state index contributed by atoms with van der Waals surface area (Å²) in [5.41, 5.74) is 8.89. The lowest BCUT2D eigenvalue weighted by Crippen LogP contribution is -1.96. The summed E-state index contributed by atoms with van der Waals surface area (Å²) in [5.74, 6) is -0.300. The van der Waals surface area contributed by atoms with E-state index in [2.05, 4.69) is 101 Å². The highest BCUT2D eigenvalue weighted by Crippen LogP contribution is 2.56. The van der Waals surface area contributed by atoms with Crippen molar-refractivity contribution in [3.8, 4) is 64.7 Å². The predicted octanol–water partition coefficient (Wildman–Crippen LogP) is 33.0. The van der Waals surface area contributed by atoms with Crippen molar-refractivity contribution in [2.24, 2.45) is 0 Å². The number of hydrogen-bond acceptors (Lipinski definition) is 12. The van der Waals surface area contributed by atoms with Crippen LogP contribution in [0.3, 0.4) is 0 Å². The Morgan fingerprint density at radius 1 is 0.304 bits per heavy atom. The van der Waals surface area contributed by atoms with E-state index >= 15 is 0 Å². The summed E-state index contributed by atoms with van der Waals surface area (Å²) in [4.78, 5) is 41.5. The van der Waals surface area contributed by atoms with Crippen LogP contribution in [0.2, 0.25) is 0 Å². The fraction of sp³-hybridized carbons (Fsp3) is 0.480. The van der Waals surface area contributed by atoms with E-state index in [0.29, 0.717) is 44.5 Å². The van der Waals surface area contributed by atoms with Crippen molar-refractivity contribution in [1.29, 1.82) is 21.0 Å². The van der Waals surface area contributed by atoms with Gasteiger partial charge in [0.25, 0.3) is 0 Å². The van der Waals surface area contributed by atoms with Crippen LogP contribution in [0.15, 0.2) is 119 Å². The van der Waals surface area contributed by atoms with E-state index in [0.717, 1.165) is 70.9 Å². The third-order valence-electron chi connectivity index (χ3n) is 23.0. The molecule has 6 nitrogen and oxygen atoms in total. The number of unbranched alkanes of at least 4 members (excludes halogenated alkanes) is 36. The molecule has 11 rings (SSSR count). The molecule has 12 heteroatoms. The van der Waals surface area contributed by atoms with Crippen LogP contribution in [0.4, 0.5) is 0 Å². The Morgan fingerprint density at radius 3 is 0.884 bits per heavy atom. The van der Waals surface area contributed by atoms with E-state index < -0.39 is 0 Å². The number of benzene rings is 3. The second-order valence-corrected chi connectivity index (χ2v) is 38.1. The van der Waals surface area contributed by atoms with Gasteiger partial charge in [0.2, 0.25) is 0 Å². The van der Waals surface area contributed by atoms with Gasteiger partial charge in [0.1, 0.15) is 35.4 Å². The van der Waals surface area contributed by atoms with Gasteiger partial charge in [-0.05, 0) is 134 Å². The highest BCUT2D eigenvalue weighted by molar-refractivity contribution is 7.29. The van der Waals surface area contributed by atoms with Gasteiger partial charge in [0.15, 0.2) is 11.6 Å². The minimum absolute atomic E-state index is 0.0441. The maximum Gasteiger partial charge on any atom is 0.194 e. The third-order valence-corrected chi connectivity index (χ3v) is 30.3. The lowest BCUT2D eigenvalue weighted by atomic mass is 9.98. The van der Waals surface area contributed by atoms with Crippen molar-refractivity contribution in [2.75, 3.05) is 0 Å². The standard InChI is InChI=1S/C100H118N4O2S6/c1-5-9-13-17-21-25-29-33-37-41-49-71-61-89(109-87(71)63-81-93(73(67-101)68-102)77-53-45-47-55-79(77)97(81)105)91-65-83-95(85-59-57-75(107-85)51-43-39-35-31-27-23-19-15-11-7-3)100-84(96(99(83)111-91)86-60-58-76(108-86)52-44-40-36-32-28-24-20-16-12-8-4)66-92(112-100)90-62-72(50-42-38-34-30-26-22-18-14-10-6-2)88(110-90)64-82-94(74(69-103)70-104)78-54-46-48-56-80(78)98(82)106/h45-48,53-66H,5-44,49-52H2,1-4H3/b81-63-,82-64-. The second-order valence-electron chi connectivity index (χ2n) is 31.5. The van der Waals surface area contributed by atoms with Gasteiger partial charge in [-0.1, -0.05) is 307 Å². The van der Waals surface area contributed by atoms with Crippen LogP contribution >= 0.6 is 68.0 Å². The van der Waals surface area contributed by atoms with E-state index in [1.165, 1.54) is 303 Å². The molecular weight excluding hydrogens is 1480 g/mol. The highest BCUT2D eigenvalue weighted by atomic mass is 32.1. The minimum atomic E-state index is -0.150. The second kappa shape index (κ2) is 45.7. The van der Waals surface area contributed by atoms with Crippen LogP contribution in [-0.4, -0.2) is 11.6 Å². The molecule has 0 radical (unpaired) electrons. The summed E-state index contributed by atoms with van der Waals surface area (Å²) < 4.78 is 2.54. The van der Waals surface area contributed by atoms with Crippen LogP contribution in [-0.2, 0) is 25.7 Å². The molecule has 9 aromatic rings. The quantitative estimate of drug-likeness (QED) is 0.0212. The lowest BCUT2D eigenvalue weighted by molar-refractivity contribution is 0.103. The Kier molecular flexibility index (Phi) is 34.9. The van der Waals surface area contributed by atoms with Crippen molar-refractivity contribution in [3.63, 3.8) is 0 Å². The van der Waals surface area contributed by atoms with Gasteiger partial charge in [0, 0.05) is 113 Å². The zero-order valence-corrected chi connectivity index (χ0v) is 72.5. The van der Waals surface area contributed by atoms with E-state index in [1.807, 2.05) is 106 Å². The number of Topliss-reactive ketones (excluding diaryl/α,β-unsaturated/α-hetero) is 2. The lowest BCUT2D eigenvalue weighted by Gasteiger charge is -2.09. The summed E-state index contributed by atoms with van der Waals surface area (Å²) in [5, 5.41) is 44.4. The van der Waals surface area contributed by atoms with E-state index in [9.17, 15) is 30.6 Å². The van der Waals surface area contributed by atoms with Crippen molar-refractivity contribution >= 4 is 123 Å². The number of nitrogens with zero attached hydrogens (tertiary/aromatic N) is 4. The SMILES string of the molecule is CCCCCCCCCCCCc1ccc(-c2c3cc(-c4cc(CCCCCCCCCCCC)c(/C=C5\C(=O)c6ccccc6C5=C(C#N)C#N)s4)sc3c(-c3ccc(CCCCCCCCCCCC)s3)c3cc(-c4cc(CCCCCCCCCCCC)c(/C=C5\C(=O)c6ccccc6C5=C(C#N)C#N)s4)sc23)s1. The van der Waals surface area contributed by atoms with Crippen molar-refractivity contribution in [1.82, 2.24) is 0 Å². The molecule has 0 spiro atoms. The normalized spacial score (nSPS) is 13.3. The third kappa shape index (κ3) is 22.6. The fourth-order valence-electron chi connectivity index (χ4n) is 16.7. The van der Waals surface area contributed by atoms with Crippen molar-refractivity contribution < 1.29 is 9.59 Å². The molecule has 2 aliphatic rings. The summed E-state index contributed by atoms with van der Waals surface area (Å²) in [7, 11) is 0. The minimum Gasteiger partial charge on any atom is -0.289 e. The molecule has 0 saturated heterocycles. The zero-order chi connectivity index (χ0) is 78.2. The van der Waals surface area contributed by atoms with Gasteiger partial charge >= 0.3 is 0 Å². The number of aryl methyl sites for hydroxylation is 4. The maximum atomic E-state index is 14.7. The molecule has 6 aromatic heterocycles. The number of fused-ring (bicyclic) bond motifs is 4. The first-order chi connectivity index (χ1) is 55.1. The number of carbonyl (C=O) groups is 2. The van der Waals surface area contributed by atoms with Gasteiger partial charge < -0.3 is 0 Å². The zero-order valence-electron chi connectivity index (χ0n) is 67.6. The average Bonchev–Trinajstić information content (AvgIpc) is 1.56. The van der Waals surface area contributed by atoms with E-state index in [4.69, 9.17) is 0 Å². The van der Waals surface area contributed by atoms with Crippen LogP contribution in [0.5, 0.6) is 0 Å². The first-order valence-electron chi connectivity index (χ1n) is 43.4. The molecule has 0 amide bonds. The Balaban J connectivity index is 1.04. The number of rotatable bonds is 50. The summed E-state index contributed by atoms with van der Waals surface area (Å²) >= 11 is 11.2. The molecular formula is C100H118N4O2S6. The molecule has 112 heavy (non-hydrogen) atoms. The van der Waals surface area contributed by atoms with Gasteiger partial charge in [-0.2, -0.15) is 21.0 Å². The molecule has 0 unspecified atom stereocenters. The van der Waals surface area contributed by atoms with E-state index in [-0.39, 0.29) is 22.7 Å². The van der Waals surface area contributed by atoms with Gasteiger partial charge in [-0.3, -0.25) is 9.59 Å². The average molecular weight is 1600 g/mol. The van der Waals surface area contributed by atoms with Crippen LogP contribution in [0, 0.1) is 45.3 Å². The van der Waals surface area contributed by atoms with Crippen LogP contribution in [0.25, 0.3) is 83.9 Å². The molecule has 0 atom stereocenters. The molecule has 0 bridgehead atoms. The summed E-state index contributed by atoms with van der Waals surface area (Å²) in [6.45, 7) is 9.14. The predicted molar refractivity (Wildman–Crippen MR) is 486 cm³/mol. The molecule has 0 aliphatic heterocycles. The Hall–Kier alpha value is -7.36. The molecule has 3 aromatic carbocycles. The Morgan fingerprint density at radius 2 is 0.580 bits per heavy atom.